The molecule has 1 heterocycles. The zero-order chi connectivity index (χ0) is 13.8. The standard InChI is InChI=1S/C15H19N3O/c1-12(2)18(10-13-7-5-4-6-8-13)15(19)14-9-16-17(3)11-14/h4-9,11-12H,10H2,1-3H3. The van der Waals surface area contributed by atoms with E-state index in [-0.39, 0.29) is 11.9 Å². The third kappa shape index (κ3) is 3.22. The number of hydrogen-bond donors (Lipinski definition) is 0. The molecular formula is C15H19N3O. The SMILES string of the molecule is CC(C)N(Cc1ccccc1)C(=O)c1cnn(C)c1. The average molecular weight is 257 g/mol. The van der Waals surface area contributed by atoms with Gasteiger partial charge in [-0.25, -0.2) is 0 Å². The lowest BCUT2D eigenvalue weighted by atomic mass is 10.1. The Morgan fingerprint density at radius 2 is 2.00 bits per heavy atom. The first-order valence-electron chi connectivity index (χ1n) is 6.41. The molecule has 2 rings (SSSR count). The van der Waals surface area contributed by atoms with Crippen LogP contribution in [0.15, 0.2) is 42.7 Å². The molecule has 0 fully saturated rings. The molecule has 1 aromatic heterocycles. The zero-order valence-electron chi connectivity index (χ0n) is 11.6. The first-order chi connectivity index (χ1) is 9.08. The Kier molecular flexibility index (Phi) is 4.00. The van der Waals surface area contributed by atoms with E-state index in [1.54, 1.807) is 17.1 Å². The Bertz CT molecular complexity index is 546. The van der Waals surface area contributed by atoms with Gasteiger partial charge in [-0.1, -0.05) is 30.3 Å². The van der Waals surface area contributed by atoms with Crippen molar-refractivity contribution in [3.63, 3.8) is 0 Å². The number of amides is 1. The third-order valence-corrected chi connectivity index (χ3v) is 3.03. The van der Waals surface area contributed by atoms with E-state index in [1.165, 1.54) is 0 Å². The zero-order valence-corrected chi connectivity index (χ0v) is 11.6. The molecular weight excluding hydrogens is 238 g/mol. The van der Waals surface area contributed by atoms with Gasteiger partial charge >= 0.3 is 0 Å². The summed E-state index contributed by atoms with van der Waals surface area (Å²) in [5.74, 6) is 0.0203. The van der Waals surface area contributed by atoms with Gasteiger partial charge in [0.2, 0.25) is 0 Å². The second-order valence-electron chi connectivity index (χ2n) is 4.92. The van der Waals surface area contributed by atoms with Gasteiger partial charge in [0.1, 0.15) is 0 Å². The van der Waals surface area contributed by atoms with Crippen LogP contribution in [-0.2, 0) is 13.6 Å². The molecule has 0 aliphatic carbocycles. The molecule has 0 aliphatic heterocycles. The number of carbonyl (C=O) groups is 1. The van der Waals surface area contributed by atoms with Gasteiger partial charge in [0, 0.05) is 25.8 Å². The van der Waals surface area contributed by atoms with Gasteiger partial charge in [0.25, 0.3) is 5.91 Å². The summed E-state index contributed by atoms with van der Waals surface area (Å²) in [5, 5.41) is 4.06. The van der Waals surface area contributed by atoms with Crippen LogP contribution in [0.2, 0.25) is 0 Å². The molecule has 0 aliphatic rings. The van der Waals surface area contributed by atoms with Crippen LogP contribution in [0, 0.1) is 0 Å². The summed E-state index contributed by atoms with van der Waals surface area (Å²) < 4.78 is 1.65. The van der Waals surface area contributed by atoms with Gasteiger partial charge in [-0.05, 0) is 19.4 Å². The Morgan fingerprint density at radius 1 is 1.32 bits per heavy atom. The van der Waals surface area contributed by atoms with Crippen LogP contribution in [0.25, 0.3) is 0 Å². The third-order valence-electron chi connectivity index (χ3n) is 3.03. The van der Waals surface area contributed by atoms with E-state index in [2.05, 4.69) is 5.10 Å². The van der Waals surface area contributed by atoms with Crippen LogP contribution < -0.4 is 0 Å². The lowest BCUT2D eigenvalue weighted by molar-refractivity contribution is 0.0690. The van der Waals surface area contributed by atoms with Gasteiger partial charge in [0.05, 0.1) is 11.8 Å². The molecule has 1 amide bonds. The summed E-state index contributed by atoms with van der Waals surface area (Å²) in [6.07, 6.45) is 3.37. The minimum atomic E-state index is 0.0203. The van der Waals surface area contributed by atoms with Crippen LogP contribution in [0.3, 0.4) is 0 Å². The first kappa shape index (κ1) is 13.3. The Hall–Kier alpha value is -2.10. The van der Waals surface area contributed by atoms with E-state index >= 15 is 0 Å². The van der Waals surface area contributed by atoms with Crippen molar-refractivity contribution in [3.05, 3.63) is 53.9 Å². The molecule has 0 spiro atoms. The van der Waals surface area contributed by atoms with Crippen molar-refractivity contribution in [2.24, 2.45) is 7.05 Å². The summed E-state index contributed by atoms with van der Waals surface area (Å²) in [6.45, 7) is 4.67. The molecule has 0 N–H and O–H groups in total. The lowest BCUT2D eigenvalue weighted by Gasteiger charge is -2.26. The molecule has 0 unspecified atom stereocenters. The average Bonchev–Trinajstić information content (AvgIpc) is 2.83. The van der Waals surface area contributed by atoms with Crippen molar-refractivity contribution in [1.29, 1.82) is 0 Å². The summed E-state index contributed by atoms with van der Waals surface area (Å²) in [4.78, 5) is 14.3. The Morgan fingerprint density at radius 3 is 2.53 bits per heavy atom. The monoisotopic (exact) mass is 257 g/mol. The van der Waals surface area contributed by atoms with Gasteiger partial charge in [0.15, 0.2) is 0 Å². The fourth-order valence-corrected chi connectivity index (χ4v) is 1.97. The van der Waals surface area contributed by atoms with E-state index in [9.17, 15) is 4.79 Å². The molecule has 19 heavy (non-hydrogen) atoms. The Labute approximate surface area is 113 Å². The Balaban J connectivity index is 2.19. The van der Waals surface area contributed by atoms with E-state index in [0.717, 1.165) is 5.56 Å². The van der Waals surface area contributed by atoms with Crippen molar-refractivity contribution in [3.8, 4) is 0 Å². The fraction of sp³-hybridized carbons (Fsp3) is 0.333. The minimum Gasteiger partial charge on any atom is -0.332 e. The smallest absolute Gasteiger partial charge is 0.257 e. The second-order valence-corrected chi connectivity index (χ2v) is 4.92. The van der Waals surface area contributed by atoms with Crippen LogP contribution in [0.5, 0.6) is 0 Å². The van der Waals surface area contributed by atoms with Crippen molar-refractivity contribution in [1.82, 2.24) is 14.7 Å². The molecule has 0 saturated heterocycles. The molecule has 0 atom stereocenters. The quantitative estimate of drug-likeness (QED) is 0.844. The minimum absolute atomic E-state index is 0.0203. The fourth-order valence-electron chi connectivity index (χ4n) is 1.97. The topological polar surface area (TPSA) is 38.1 Å². The number of aromatic nitrogens is 2. The summed E-state index contributed by atoms with van der Waals surface area (Å²) in [6, 6.07) is 10.2. The maximum atomic E-state index is 12.5. The van der Waals surface area contributed by atoms with Crippen molar-refractivity contribution < 1.29 is 4.79 Å². The highest BCUT2D eigenvalue weighted by molar-refractivity contribution is 5.93. The highest BCUT2D eigenvalue weighted by atomic mass is 16.2. The number of nitrogens with zero attached hydrogens (tertiary/aromatic N) is 3. The van der Waals surface area contributed by atoms with E-state index < -0.39 is 0 Å². The highest BCUT2D eigenvalue weighted by Crippen LogP contribution is 2.12. The van der Waals surface area contributed by atoms with E-state index in [4.69, 9.17) is 0 Å². The molecule has 1 aromatic carbocycles. The summed E-state index contributed by atoms with van der Waals surface area (Å²) in [7, 11) is 1.81. The van der Waals surface area contributed by atoms with Crippen LogP contribution in [-0.4, -0.2) is 26.6 Å². The maximum absolute atomic E-state index is 12.5. The van der Waals surface area contributed by atoms with Crippen LogP contribution >= 0.6 is 0 Å². The summed E-state index contributed by atoms with van der Waals surface area (Å²) in [5.41, 5.74) is 1.76. The molecule has 0 saturated carbocycles. The van der Waals surface area contributed by atoms with Crippen molar-refractivity contribution in [2.45, 2.75) is 26.4 Å². The second kappa shape index (κ2) is 5.69. The number of hydrogen-bond acceptors (Lipinski definition) is 2. The lowest BCUT2D eigenvalue weighted by Crippen LogP contribution is -2.36. The number of aryl methyl sites for hydroxylation is 1. The highest BCUT2D eigenvalue weighted by Gasteiger charge is 2.20. The maximum Gasteiger partial charge on any atom is 0.257 e. The van der Waals surface area contributed by atoms with Gasteiger partial charge in [-0.15, -0.1) is 0 Å². The predicted octanol–water partition coefficient (Wildman–Crippen LogP) is 2.47. The number of rotatable bonds is 4. The van der Waals surface area contributed by atoms with E-state index in [1.807, 2.05) is 56.1 Å². The van der Waals surface area contributed by atoms with Crippen LogP contribution in [0.4, 0.5) is 0 Å². The summed E-state index contributed by atoms with van der Waals surface area (Å²) >= 11 is 0. The number of benzene rings is 1. The molecule has 4 nitrogen and oxygen atoms in total. The van der Waals surface area contributed by atoms with Gasteiger partial charge in [-0.3, -0.25) is 9.48 Å². The van der Waals surface area contributed by atoms with Crippen molar-refractivity contribution in [2.75, 3.05) is 0 Å². The molecule has 2 aromatic rings. The molecule has 100 valence electrons. The van der Waals surface area contributed by atoms with Crippen LogP contribution in [0.1, 0.15) is 29.8 Å². The normalized spacial score (nSPS) is 10.7. The first-order valence-corrected chi connectivity index (χ1v) is 6.41. The van der Waals surface area contributed by atoms with Crippen molar-refractivity contribution >= 4 is 5.91 Å². The molecule has 0 radical (unpaired) electrons. The molecule has 0 bridgehead atoms. The van der Waals surface area contributed by atoms with E-state index in [0.29, 0.717) is 12.1 Å². The van der Waals surface area contributed by atoms with Gasteiger partial charge in [-0.2, -0.15) is 5.10 Å². The molecule has 4 heteroatoms. The number of carbonyl (C=O) groups excluding carboxylic acids is 1. The predicted molar refractivity (Wildman–Crippen MR) is 74.7 cm³/mol. The van der Waals surface area contributed by atoms with Gasteiger partial charge < -0.3 is 4.90 Å². The largest absolute Gasteiger partial charge is 0.332 e.